The molecule has 0 aliphatic carbocycles. The number of nitrogens with zero attached hydrogens (tertiary/aromatic N) is 1. The molecule has 1 aromatic carbocycles. The summed E-state index contributed by atoms with van der Waals surface area (Å²) in [6.45, 7) is 4.12. The van der Waals surface area contributed by atoms with Crippen molar-refractivity contribution in [3.63, 3.8) is 0 Å². The van der Waals surface area contributed by atoms with Crippen molar-refractivity contribution in [1.29, 1.82) is 0 Å². The zero-order chi connectivity index (χ0) is 13.8. The van der Waals surface area contributed by atoms with E-state index >= 15 is 0 Å². The van der Waals surface area contributed by atoms with Crippen molar-refractivity contribution in [3.05, 3.63) is 53.9 Å². The number of nitrogens with one attached hydrogen (secondary N) is 1. The maximum absolute atomic E-state index is 5.61. The van der Waals surface area contributed by atoms with Gasteiger partial charge in [0.25, 0.3) is 0 Å². The molecule has 0 amide bonds. The number of hydrogen-bond acceptors (Lipinski definition) is 4. The molecule has 1 unspecified atom stereocenters. The minimum absolute atomic E-state index is 0.229. The van der Waals surface area contributed by atoms with Gasteiger partial charge < -0.3 is 14.8 Å². The molecule has 0 fully saturated rings. The molecule has 0 radical (unpaired) electrons. The third-order valence-electron chi connectivity index (χ3n) is 3.38. The number of pyridine rings is 1. The highest BCUT2D eigenvalue weighted by Gasteiger charge is 2.14. The first-order valence-electron chi connectivity index (χ1n) is 6.86. The first kappa shape index (κ1) is 12.9. The second-order valence-corrected chi connectivity index (χ2v) is 4.83. The van der Waals surface area contributed by atoms with Gasteiger partial charge in [-0.3, -0.25) is 4.98 Å². The number of ether oxygens (including phenoxy) is 2. The molecule has 0 saturated carbocycles. The van der Waals surface area contributed by atoms with Gasteiger partial charge in [-0.05, 0) is 36.8 Å². The fraction of sp³-hybridized carbons (Fsp3) is 0.312. The highest BCUT2D eigenvalue weighted by molar-refractivity contribution is 5.44. The molecular formula is C16H18N2O2. The van der Waals surface area contributed by atoms with Gasteiger partial charge in [0.15, 0.2) is 11.5 Å². The largest absolute Gasteiger partial charge is 0.486 e. The van der Waals surface area contributed by atoms with Crippen molar-refractivity contribution in [2.24, 2.45) is 0 Å². The lowest BCUT2D eigenvalue weighted by molar-refractivity contribution is 0.171. The molecule has 4 nitrogen and oxygen atoms in total. The van der Waals surface area contributed by atoms with Gasteiger partial charge in [0.05, 0.1) is 5.69 Å². The zero-order valence-electron chi connectivity index (χ0n) is 11.5. The molecule has 1 atom stereocenters. The van der Waals surface area contributed by atoms with Crippen LogP contribution in [0.4, 0.5) is 0 Å². The Hall–Kier alpha value is -2.07. The Morgan fingerprint density at radius 2 is 2.00 bits per heavy atom. The number of benzene rings is 1. The van der Waals surface area contributed by atoms with Gasteiger partial charge in [-0.15, -0.1) is 0 Å². The molecule has 1 aromatic heterocycles. The average molecular weight is 270 g/mol. The van der Waals surface area contributed by atoms with Crippen LogP contribution in [0.2, 0.25) is 0 Å². The average Bonchev–Trinajstić information content (AvgIpc) is 2.53. The van der Waals surface area contributed by atoms with E-state index in [1.807, 2.05) is 36.5 Å². The standard InChI is InChI=1S/C16H18N2O2/c1-12(18-11-14-4-2-3-7-17-14)13-5-6-15-16(10-13)20-9-8-19-15/h2-7,10,12,18H,8-9,11H2,1H3. The SMILES string of the molecule is CC(NCc1ccccn1)c1ccc2c(c1)OCCO2. The van der Waals surface area contributed by atoms with Crippen LogP contribution in [0, 0.1) is 0 Å². The van der Waals surface area contributed by atoms with E-state index in [1.54, 1.807) is 0 Å². The summed E-state index contributed by atoms with van der Waals surface area (Å²) in [5.41, 5.74) is 2.22. The quantitative estimate of drug-likeness (QED) is 0.927. The Balaban J connectivity index is 1.66. The minimum Gasteiger partial charge on any atom is -0.486 e. The van der Waals surface area contributed by atoms with Gasteiger partial charge >= 0.3 is 0 Å². The Bertz CT molecular complexity index is 572. The Labute approximate surface area is 118 Å². The van der Waals surface area contributed by atoms with E-state index in [1.165, 1.54) is 5.56 Å². The van der Waals surface area contributed by atoms with Crippen LogP contribution in [0.5, 0.6) is 11.5 Å². The van der Waals surface area contributed by atoms with Gasteiger partial charge in [-0.1, -0.05) is 12.1 Å². The zero-order valence-corrected chi connectivity index (χ0v) is 11.5. The third-order valence-corrected chi connectivity index (χ3v) is 3.38. The van der Waals surface area contributed by atoms with Gasteiger partial charge in [0, 0.05) is 18.8 Å². The lowest BCUT2D eigenvalue weighted by atomic mass is 10.1. The molecule has 2 heterocycles. The first-order valence-corrected chi connectivity index (χ1v) is 6.86. The van der Waals surface area contributed by atoms with Crippen LogP contribution >= 0.6 is 0 Å². The lowest BCUT2D eigenvalue weighted by Crippen LogP contribution is -2.20. The van der Waals surface area contributed by atoms with Crippen molar-refractivity contribution < 1.29 is 9.47 Å². The van der Waals surface area contributed by atoms with E-state index in [-0.39, 0.29) is 6.04 Å². The maximum Gasteiger partial charge on any atom is 0.161 e. The van der Waals surface area contributed by atoms with Crippen molar-refractivity contribution in [1.82, 2.24) is 10.3 Å². The van der Waals surface area contributed by atoms with E-state index < -0.39 is 0 Å². The van der Waals surface area contributed by atoms with Crippen molar-refractivity contribution in [2.45, 2.75) is 19.5 Å². The van der Waals surface area contributed by atoms with Crippen molar-refractivity contribution in [3.8, 4) is 11.5 Å². The molecule has 2 aromatic rings. The lowest BCUT2D eigenvalue weighted by Gasteiger charge is -2.21. The molecule has 0 spiro atoms. The summed E-state index contributed by atoms with van der Waals surface area (Å²) in [4.78, 5) is 4.31. The van der Waals surface area contributed by atoms with E-state index in [0.29, 0.717) is 13.2 Å². The topological polar surface area (TPSA) is 43.4 Å². The number of aromatic nitrogens is 1. The molecule has 104 valence electrons. The summed E-state index contributed by atoms with van der Waals surface area (Å²) < 4.78 is 11.1. The highest BCUT2D eigenvalue weighted by atomic mass is 16.6. The van der Waals surface area contributed by atoms with E-state index in [2.05, 4.69) is 23.3 Å². The highest BCUT2D eigenvalue weighted by Crippen LogP contribution is 2.32. The Morgan fingerprint density at radius 1 is 1.15 bits per heavy atom. The minimum atomic E-state index is 0.229. The van der Waals surface area contributed by atoms with Gasteiger partial charge in [0.1, 0.15) is 13.2 Å². The monoisotopic (exact) mass is 270 g/mol. The summed E-state index contributed by atoms with van der Waals surface area (Å²) in [5, 5.41) is 3.46. The normalized spacial score (nSPS) is 14.8. The fourth-order valence-electron chi connectivity index (χ4n) is 2.21. The summed E-state index contributed by atoms with van der Waals surface area (Å²) in [6.07, 6.45) is 1.81. The molecular weight excluding hydrogens is 252 g/mol. The van der Waals surface area contributed by atoms with Crippen LogP contribution in [0.25, 0.3) is 0 Å². The second-order valence-electron chi connectivity index (χ2n) is 4.83. The summed E-state index contributed by atoms with van der Waals surface area (Å²) in [5.74, 6) is 1.66. The van der Waals surface area contributed by atoms with Crippen LogP contribution in [-0.4, -0.2) is 18.2 Å². The predicted octanol–water partition coefficient (Wildman–Crippen LogP) is 2.70. The van der Waals surface area contributed by atoms with Crippen molar-refractivity contribution in [2.75, 3.05) is 13.2 Å². The number of rotatable bonds is 4. The molecule has 1 aliphatic rings. The summed E-state index contributed by atoms with van der Waals surface area (Å²) in [6, 6.07) is 12.3. The second kappa shape index (κ2) is 5.92. The molecule has 20 heavy (non-hydrogen) atoms. The van der Waals surface area contributed by atoms with E-state index in [4.69, 9.17) is 9.47 Å². The number of fused-ring (bicyclic) bond motifs is 1. The van der Waals surface area contributed by atoms with Gasteiger partial charge in [-0.25, -0.2) is 0 Å². The Morgan fingerprint density at radius 3 is 2.80 bits per heavy atom. The van der Waals surface area contributed by atoms with Gasteiger partial charge in [0.2, 0.25) is 0 Å². The fourth-order valence-corrected chi connectivity index (χ4v) is 2.21. The van der Waals surface area contributed by atoms with E-state index in [9.17, 15) is 0 Å². The molecule has 0 saturated heterocycles. The predicted molar refractivity (Wildman–Crippen MR) is 76.9 cm³/mol. The smallest absolute Gasteiger partial charge is 0.161 e. The molecule has 1 aliphatic heterocycles. The number of hydrogen-bond donors (Lipinski definition) is 1. The van der Waals surface area contributed by atoms with Crippen LogP contribution in [0.15, 0.2) is 42.6 Å². The Kier molecular flexibility index (Phi) is 3.83. The third kappa shape index (κ3) is 2.91. The van der Waals surface area contributed by atoms with Crippen LogP contribution in [0.1, 0.15) is 24.2 Å². The molecule has 0 bridgehead atoms. The molecule has 3 rings (SSSR count). The van der Waals surface area contributed by atoms with Crippen LogP contribution in [0.3, 0.4) is 0 Å². The summed E-state index contributed by atoms with van der Waals surface area (Å²) in [7, 11) is 0. The van der Waals surface area contributed by atoms with Crippen LogP contribution in [-0.2, 0) is 6.54 Å². The molecule has 1 N–H and O–H groups in total. The van der Waals surface area contributed by atoms with Crippen LogP contribution < -0.4 is 14.8 Å². The molecule has 4 heteroatoms. The summed E-state index contributed by atoms with van der Waals surface area (Å²) >= 11 is 0. The first-order chi connectivity index (χ1) is 9.83. The van der Waals surface area contributed by atoms with Crippen molar-refractivity contribution >= 4 is 0 Å². The van der Waals surface area contributed by atoms with Gasteiger partial charge in [-0.2, -0.15) is 0 Å². The maximum atomic E-state index is 5.61. The van der Waals surface area contributed by atoms with E-state index in [0.717, 1.165) is 23.7 Å².